The highest BCUT2D eigenvalue weighted by molar-refractivity contribution is 6.04. The summed E-state index contributed by atoms with van der Waals surface area (Å²) in [5.41, 5.74) is 2.47. The predicted molar refractivity (Wildman–Crippen MR) is 90.9 cm³/mol. The maximum absolute atomic E-state index is 12.9. The van der Waals surface area contributed by atoms with E-state index in [9.17, 15) is 19.8 Å². The van der Waals surface area contributed by atoms with Gasteiger partial charge in [0.1, 0.15) is 18.1 Å². The summed E-state index contributed by atoms with van der Waals surface area (Å²) in [6.45, 7) is 6.08. The Morgan fingerprint density at radius 3 is 2.68 bits per heavy atom. The van der Waals surface area contributed by atoms with E-state index in [2.05, 4.69) is 0 Å². The molecule has 0 saturated carbocycles. The number of hydrogen-bond donors (Lipinski definition) is 2. The Morgan fingerprint density at radius 1 is 1.28 bits per heavy atom. The number of cyclic esters (lactones) is 1. The van der Waals surface area contributed by atoms with Crippen molar-refractivity contribution in [2.45, 2.75) is 51.4 Å². The third-order valence-corrected chi connectivity index (χ3v) is 6.25. The molecule has 4 rings (SSSR count). The van der Waals surface area contributed by atoms with Crippen molar-refractivity contribution in [2.24, 2.45) is 5.92 Å². The van der Waals surface area contributed by atoms with Gasteiger partial charge in [-0.1, -0.05) is 20.8 Å². The first kappa shape index (κ1) is 16.2. The summed E-state index contributed by atoms with van der Waals surface area (Å²) in [6.07, 6.45) is 1.44. The van der Waals surface area contributed by atoms with Gasteiger partial charge in [-0.3, -0.25) is 4.79 Å². The highest BCUT2D eigenvalue weighted by Gasteiger charge is 2.52. The fourth-order valence-corrected chi connectivity index (χ4v) is 4.87. The maximum Gasteiger partial charge on any atom is 0.334 e. The molecule has 0 saturated heterocycles. The van der Waals surface area contributed by atoms with Crippen molar-refractivity contribution < 1.29 is 24.5 Å². The van der Waals surface area contributed by atoms with Gasteiger partial charge in [-0.2, -0.15) is 0 Å². The second-order valence-corrected chi connectivity index (χ2v) is 7.92. The van der Waals surface area contributed by atoms with Gasteiger partial charge in [0.2, 0.25) is 0 Å². The number of ketones is 1. The molecule has 5 heteroatoms. The van der Waals surface area contributed by atoms with E-state index in [1.165, 1.54) is 0 Å². The van der Waals surface area contributed by atoms with Crippen molar-refractivity contribution in [2.75, 3.05) is 6.61 Å². The molecule has 5 nitrogen and oxygen atoms in total. The summed E-state index contributed by atoms with van der Waals surface area (Å²) >= 11 is 0. The normalized spacial score (nSPS) is 27.9. The van der Waals surface area contributed by atoms with Crippen LogP contribution in [0.15, 0.2) is 17.2 Å². The molecule has 1 heterocycles. The van der Waals surface area contributed by atoms with E-state index in [-0.39, 0.29) is 53.7 Å². The Hall–Kier alpha value is -2.30. The summed E-state index contributed by atoms with van der Waals surface area (Å²) in [5, 5.41) is 21.5. The van der Waals surface area contributed by atoms with Crippen molar-refractivity contribution in [3.63, 3.8) is 0 Å². The van der Waals surface area contributed by atoms with Crippen LogP contribution in [0.4, 0.5) is 0 Å². The number of ether oxygens (including phenoxy) is 1. The fraction of sp³-hybridized carbons (Fsp3) is 0.500. The highest BCUT2D eigenvalue weighted by atomic mass is 16.5. The number of fused-ring (bicyclic) bond motifs is 4. The molecule has 2 aliphatic carbocycles. The third kappa shape index (κ3) is 2.01. The second kappa shape index (κ2) is 5.10. The number of benzene rings is 1. The van der Waals surface area contributed by atoms with Gasteiger partial charge in [-0.15, -0.1) is 0 Å². The topological polar surface area (TPSA) is 83.8 Å². The fourth-order valence-electron chi connectivity index (χ4n) is 4.87. The van der Waals surface area contributed by atoms with Crippen LogP contribution in [0, 0.1) is 5.92 Å². The lowest BCUT2D eigenvalue weighted by atomic mass is 9.56. The van der Waals surface area contributed by atoms with Crippen LogP contribution < -0.4 is 0 Å². The predicted octanol–water partition coefficient (Wildman–Crippen LogP) is 3.33. The minimum atomic E-state index is -0.493. The summed E-state index contributed by atoms with van der Waals surface area (Å²) in [7, 11) is 0. The lowest BCUT2D eigenvalue weighted by Crippen LogP contribution is -2.43. The minimum Gasteiger partial charge on any atom is -0.508 e. The number of Topliss-reactive ketones (excluding diaryl/α,β-unsaturated/α-hetero) is 1. The quantitative estimate of drug-likeness (QED) is 0.604. The van der Waals surface area contributed by atoms with Crippen LogP contribution in [-0.4, -0.2) is 28.6 Å². The third-order valence-electron chi connectivity index (χ3n) is 6.25. The van der Waals surface area contributed by atoms with Crippen LogP contribution in [0.2, 0.25) is 0 Å². The molecule has 1 aromatic rings. The number of hydrogen-bond acceptors (Lipinski definition) is 5. The molecule has 0 aromatic heterocycles. The Balaban J connectivity index is 1.96. The van der Waals surface area contributed by atoms with Gasteiger partial charge in [0.05, 0.1) is 5.56 Å². The molecular weight excluding hydrogens is 320 g/mol. The van der Waals surface area contributed by atoms with Crippen molar-refractivity contribution in [3.8, 4) is 11.5 Å². The Kier molecular flexibility index (Phi) is 3.30. The molecule has 2 atom stereocenters. The van der Waals surface area contributed by atoms with Crippen LogP contribution in [0.3, 0.4) is 0 Å². The maximum atomic E-state index is 12.9. The van der Waals surface area contributed by atoms with Gasteiger partial charge in [0.15, 0.2) is 5.78 Å². The van der Waals surface area contributed by atoms with Crippen molar-refractivity contribution in [1.29, 1.82) is 0 Å². The lowest BCUT2D eigenvalue weighted by molar-refractivity contribution is -0.136. The minimum absolute atomic E-state index is 0.00366. The van der Waals surface area contributed by atoms with Gasteiger partial charge < -0.3 is 14.9 Å². The molecule has 25 heavy (non-hydrogen) atoms. The van der Waals surface area contributed by atoms with Crippen molar-refractivity contribution >= 4 is 11.8 Å². The number of phenols is 2. The second-order valence-electron chi connectivity index (χ2n) is 7.92. The number of esters is 1. The average molecular weight is 342 g/mol. The number of carbonyl (C=O) groups excluding carboxylic acids is 2. The molecule has 0 bridgehead atoms. The average Bonchev–Trinajstić information content (AvgIpc) is 2.92. The highest BCUT2D eigenvalue weighted by Crippen LogP contribution is 2.57. The summed E-state index contributed by atoms with van der Waals surface area (Å²) in [5.74, 6) is -0.579. The van der Waals surface area contributed by atoms with Gasteiger partial charge >= 0.3 is 5.97 Å². The van der Waals surface area contributed by atoms with Crippen LogP contribution in [0.25, 0.3) is 0 Å². The van der Waals surface area contributed by atoms with Crippen LogP contribution in [0.1, 0.15) is 67.4 Å². The largest absolute Gasteiger partial charge is 0.508 e. The van der Waals surface area contributed by atoms with Crippen LogP contribution >= 0.6 is 0 Å². The SMILES string of the molecule is CC(C)c1cc(O)c2c(c1O)C(=O)C[C@H]1C3=C(CC[C@]21C)C(=O)OC3. The monoisotopic (exact) mass is 342 g/mol. The smallest absolute Gasteiger partial charge is 0.334 e. The van der Waals surface area contributed by atoms with E-state index in [4.69, 9.17) is 4.74 Å². The number of phenolic OH excluding ortho intramolecular Hbond substituents is 2. The summed E-state index contributed by atoms with van der Waals surface area (Å²) < 4.78 is 5.19. The Morgan fingerprint density at radius 2 is 2.00 bits per heavy atom. The molecule has 0 amide bonds. The first-order valence-electron chi connectivity index (χ1n) is 8.77. The lowest BCUT2D eigenvalue weighted by Gasteiger charge is -2.46. The zero-order chi connectivity index (χ0) is 18.1. The molecule has 1 aromatic carbocycles. The Labute approximate surface area is 146 Å². The molecule has 2 N–H and O–H groups in total. The standard InChI is InChI=1S/C20H22O5/c1-9(2)11-6-15(22)17-16(18(11)23)14(21)7-13-12-8-25-19(24)10(12)4-5-20(13,17)3/h6,9,13,22-23H,4-5,7-8H2,1-3H3/t13-,20-/m0/s1. The molecule has 3 aliphatic rings. The molecule has 132 valence electrons. The number of rotatable bonds is 1. The van der Waals surface area contributed by atoms with Crippen LogP contribution in [-0.2, 0) is 14.9 Å². The molecule has 0 unspecified atom stereocenters. The molecule has 0 spiro atoms. The van der Waals surface area contributed by atoms with Crippen LogP contribution in [0.5, 0.6) is 11.5 Å². The van der Waals surface area contributed by atoms with Gasteiger partial charge in [0, 0.05) is 34.5 Å². The van der Waals surface area contributed by atoms with E-state index < -0.39 is 5.41 Å². The van der Waals surface area contributed by atoms with E-state index in [1.54, 1.807) is 6.07 Å². The van der Waals surface area contributed by atoms with E-state index >= 15 is 0 Å². The van der Waals surface area contributed by atoms with Gasteiger partial charge in [-0.05, 0) is 30.4 Å². The number of aromatic hydroxyl groups is 2. The van der Waals surface area contributed by atoms with E-state index in [0.717, 1.165) is 5.57 Å². The summed E-state index contributed by atoms with van der Waals surface area (Å²) in [6, 6.07) is 1.58. The molecule has 1 aliphatic heterocycles. The van der Waals surface area contributed by atoms with E-state index in [1.807, 2.05) is 20.8 Å². The first-order chi connectivity index (χ1) is 11.8. The molecule has 0 radical (unpaired) electrons. The van der Waals surface area contributed by atoms with E-state index in [0.29, 0.717) is 29.5 Å². The zero-order valence-electron chi connectivity index (χ0n) is 14.7. The number of carbonyl (C=O) groups is 2. The van der Waals surface area contributed by atoms with Gasteiger partial charge in [0.25, 0.3) is 0 Å². The van der Waals surface area contributed by atoms with Gasteiger partial charge in [-0.25, -0.2) is 4.79 Å². The Bertz CT molecular complexity index is 848. The summed E-state index contributed by atoms with van der Waals surface area (Å²) in [4.78, 5) is 24.8. The molecular formula is C20H22O5. The van der Waals surface area contributed by atoms with Crippen molar-refractivity contribution in [1.82, 2.24) is 0 Å². The first-order valence-corrected chi connectivity index (χ1v) is 8.77. The molecule has 0 fully saturated rings. The van der Waals surface area contributed by atoms with Crippen molar-refractivity contribution in [3.05, 3.63) is 33.9 Å². The zero-order valence-corrected chi connectivity index (χ0v) is 14.7.